The number of nitrogens with one attached hydrogen (secondary N) is 1. The maximum atomic E-state index is 11.1. The third-order valence-electron chi connectivity index (χ3n) is 2.97. The fourth-order valence-electron chi connectivity index (χ4n) is 1.82. The molecule has 5 nitrogen and oxygen atoms in total. The molecule has 0 saturated heterocycles. The Bertz CT molecular complexity index is 701. The van der Waals surface area contributed by atoms with Crippen molar-refractivity contribution in [1.29, 1.82) is 0 Å². The van der Waals surface area contributed by atoms with E-state index in [-0.39, 0.29) is 0 Å². The fourth-order valence-corrected chi connectivity index (χ4v) is 2.07. The van der Waals surface area contributed by atoms with Gasteiger partial charge < -0.3 is 16.8 Å². The lowest BCUT2D eigenvalue weighted by Crippen LogP contribution is -2.12. The topological polar surface area (TPSA) is 98.2 Å². The van der Waals surface area contributed by atoms with Crippen LogP contribution in [0.2, 0.25) is 5.02 Å². The highest BCUT2D eigenvalue weighted by Gasteiger charge is 2.06. The van der Waals surface area contributed by atoms with Gasteiger partial charge in [0.15, 0.2) is 0 Å². The van der Waals surface area contributed by atoms with Gasteiger partial charge >= 0.3 is 0 Å². The number of hydrogen-bond acceptors (Lipinski definition) is 3. The molecule has 0 aliphatic rings. The SMILES string of the molecule is NC(=O)c1cccc(NCc2ccc(C(N)=O)cc2Cl)c1. The Morgan fingerprint density at radius 1 is 1.00 bits per heavy atom. The van der Waals surface area contributed by atoms with Crippen LogP contribution in [-0.2, 0) is 6.54 Å². The first-order chi connectivity index (χ1) is 9.97. The summed E-state index contributed by atoms with van der Waals surface area (Å²) < 4.78 is 0. The van der Waals surface area contributed by atoms with Crippen molar-refractivity contribution in [2.75, 3.05) is 5.32 Å². The highest BCUT2D eigenvalue weighted by molar-refractivity contribution is 6.31. The maximum absolute atomic E-state index is 11.1. The van der Waals surface area contributed by atoms with Crippen LogP contribution < -0.4 is 16.8 Å². The number of benzene rings is 2. The zero-order valence-corrected chi connectivity index (χ0v) is 11.9. The molecule has 0 aliphatic heterocycles. The number of halogens is 1. The molecule has 0 bridgehead atoms. The summed E-state index contributed by atoms with van der Waals surface area (Å²) in [5.74, 6) is -1.01. The average Bonchev–Trinajstić information content (AvgIpc) is 2.46. The van der Waals surface area contributed by atoms with Crippen LogP contribution >= 0.6 is 11.6 Å². The summed E-state index contributed by atoms with van der Waals surface area (Å²) in [7, 11) is 0. The van der Waals surface area contributed by atoms with Crippen LogP contribution in [0.15, 0.2) is 42.5 Å². The molecule has 0 spiro atoms. The minimum absolute atomic E-state index is 0.361. The molecule has 2 rings (SSSR count). The van der Waals surface area contributed by atoms with Crippen molar-refractivity contribution >= 4 is 29.1 Å². The predicted octanol–water partition coefficient (Wildman–Crippen LogP) is 2.15. The van der Waals surface area contributed by atoms with Crippen LogP contribution in [0.4, 0.5) is 5.69 Å². The zero-order chi connectivity index (χ0) is 15.4. The van der Waals surface area contributed by atoms with Crippen molar-refractivity contribution in [2.45, 2.75) is 6.54 Å². The number of nitrogens with two attached hydrogens (primary N) is 2. The first-order valence-corrected chi connectivity index (χ1v) is 6.57. The Morgan fingerprint density at radius 2 is 1.67 bits per heavy atom. The minimum atomic E-state index is -0.523. The summed E-state index contributed by atoms with van der Waals surface area (Å²) in [6.45, 7) is 0.445. The molecule has 21 heavy (non-hydrogen) atoms. The maximum Gasteiger partial charge on any atom is 0.248 e. The first-order valence-electron chi connectivity index (χ1n) is 6.19. The van der Waals surface area contributed by atoms with E-state index in [1.165, 1.54) is 6.07 Å². The van der Waals surface area contributed by atoms with Crippen molar-refractivity contribution in [3.8, 4) is 0 Å². The molecule has 0 atom stereocenters. The smallest absolute Gasteiger partial charge is 0.248 e. The summed E-state index contributed by atoms with van der Waals surface area (Å²) >= 11 is 6.10. The van der Waals surface area contributed by atoms with E-state index >= 15 is 0 Å². The van der Waals surface area contributed by atoms with Crippen LogP contribution in [0.3, 0.4) is 0 Å². The second-order valence-corrected chi connectivity index (χ2v) is 4.88. The van der Waals surface area contributed by atoms with Gasteiger partial charge in [0.2, 0.25) is 11.8 Å². The van der Waals surface area contributed by atoms with Crippen LogP contribution in [0, 0.1) is 0 Å². The van der Waals surface area contributed by atoms with Gasteiger partial charge in [-0.25, -0.2) is 0 Å². The lowest BCUT2D eigenvalue weighted by atomic mass is 10.1. The number of rotatable bonds is 5. The largest absolute Gasteiger partial charge is 0.381 e. The monoisotopic (exact) mass is 303 g/mol. The lowest BCUT2D eigenvalue weighted by Gasteiger charge is -2.09. The molecular formula is C15H14ClN3O2. The summed E-state index contributed by atoms with van der Waals surface area (Å²) in [6, 6.07) is 11.7. The second-order valence-electron chi connectivity index (χ2n) is 4.47. The number of primary amides is 2. The van der Waals surface area contributed by atoms with Gasteiger partial charge in [-0.3, -0.25) is 9.59 Å². The number of anilines is 1. The Hall–Kier alpha value is -2.53. The van der Waals surface area contributed by atoms with Crippen LogP contribution in [-0.4, -0.2) is 11.8 Å². The zero-order valence-electron chi connectivity index (χ0n) is 11.1. The molecule has 0 fully saturated rings. The standard InChI is InChI=1S/C15H14ClN3O2/c16-13-7-10(15(18)21)4-5-11(13)8-19-12-3-1-2-9(6-12)14(17)20/h1-7,19H,8H2,(H2,17,20)(H2,18,21). The first kappa shape index (κ1) is 14.9. The molecule has 2 aromatic rings. The number of amides is 2. The van der Waals surface area contributed by atoms with E-state index in [2.05, 4.69) is 5.32 Å². The minimum Gasteiger partial charge on any atom is -0.381 e. The molecule has 6 heteroatoms. The van der Waals surface area contributed by atoms with E-state index < -0.39 is 11.8 Å². The van der Waals surface area contributed by atoms with Crippen LogP contribution in [0.5, 0.6) is 0 Å². The van der Waals surface area contributed by atoms with E-state index in [1.54, 1.807) is 30.3 Å². The average molecular weight is 304 g/mol. The molecule has 0 radical (unpaired) electrons. The highest BCUT2D eigenvalue weighted by atomic mass is 35.5. The van der Waals surface area contributed by atoms with Crippen molar-refractivity contribution < 1.29 is 9.59 Å². The molecule has 2 amide bonds. The molecule has 0 aliphatic carbocycles. The molecule has 0 saturated carbocycles. The molecule has 2 aromatic carbocycles. The van der Waals surface area contributed by atoms with E-state index in [0.717, 1.165) is 11.3 Å². The third-order valence-corrected chi connectivity index (χ3v) is 3.32. The molecular weight excluding hydrogens is 290 g/mol. The summed E-state index contributed by atoms with van der Waals surface area (Å²) in [5.41, 5.74) is 12.8. The quantitative estimate of drug-likeness (QED) is 0.789. The Kier molecular flexibility index (Phi) is 4.45. The van der Waals surface area contributed by atoms with Gasteiger partial charge in [-0.2, -0.15) is 0 Å². The van der Waals surface area contributed by atoms with Crippen molar-refractivity contribution in [2.24, 2.45) is 11.5 Å². The van der Waals surface area contributed by atoms with E-state index in [9.17, 15) is 9.59 Å². The van der Waals surface area contributed by atoms with Crippen LogP contribution in [0.25, 0.3) is 0 Å². The third kappa shape index (κ3) is 3.73. The Labute approximate surface area is 126 Å². The molecule has 0 heterocycles. The normalized spacial score (nSPS) is 10.1. The second kappa shape index (κ2) is 6.28. The number of carbonyl (C=O) groups excluding carboxylic acids is 2. The number of carbonyl (C=O) groups is 2. The van der Waals surface area contributed by atoms with E-state index in [1.807, 2.05) is 6.07 Å². The van der Waals surface area contributed by atoms with Gasteiger partial charge in [0, 0.05) is 28.4 Å². The van der Waals surface area contributed by atoms with Gasteiger partial charge in [0.05, 0.1) is 0 Å². The van der Waals surface area contributed by atoms with Crippen LogP contribution in [0.1, 0.15) is 26.3 Å². The predicted molar refractivity (Wildman–Crippen MR) is 82.3 cm³/mol. The van der Waals surface area contributed by atoms with Crippen molar-refractivity contribution in [3.05, 3.63) is 64.2 Å². The van der Waals surface area contributed by atoms with Gasteiger partial charge in [0.25, 0.3) is 0 Å². The van der Waals surface area contributed by atoms with Gasteiger partial charge in [-0.05, 0) is 35.9 Å². The molecule has 108 valence electrons. The Morgan fingerprint density at radius 3 is 2.29 bits per heavy atom. The van der Waals surface area contributed by atoms with E-state index in [4.69, 9.17) is 23.1 Å². The summed E-state index contributed by atoms with van der Waals surface area (Å²) in [6.07, 6.45) is 0. The number of hydrogen-bond donors (Lipinski definition) is 3. The highest BCUT2D eigenvalue weighted by Crippen LogP contribution is 2.19. The Balaban J connectivity index is 2.11. The fraction of sp³-hybridized carbons (Fsp3) is 0.0667. The van der Waals surface area contributed by atoms with Gasteiger partial charge in [-0.1, -0.05) is 23.7 Å². The molecule has 5 N–H and O–H groups in total. The van der Waals surface area contributed by atoms with E-state index in [0.29, 0.717) is 22.7 Å². The molecule has 0 aromatic heterocycles. The van der Waals surface area contributed by atoms with Gasteiger partial charge in [-0.15, -0.1) is 0 Å². The van der Waals surface area contributed by atoms with Crippen molar-refractivity contribution in [1.82, 2.24) is 0 Å². The van der Waals surface area contributed by atoms with Crippen molar-refractivity contribution in [3.63, 3.8) is 0 Å². The lowest BCUT2D eigenvalue weighted by molar-refractivity contribution is 0.0992. The molecule has 0 unspecified atom stereocenters. The summed E-state index contributed by atoms with van der Waals surface area (Å²) in [4.78, 5) is 22.2. The summed E-state index contributed by atoms with van der Waals surface area (Å²) in [5, 5.41) is 3.59. The van der Waals surface area contributed by atoms with Gasteiger partial charge in [0.1, 0.15) is 0 Å².